The van der Waals surface area contributed by atoms with E-state index in [1.54, 1.807) is 0 Å². The predicted octanol–water partition coefficient (Wildman–Crippen LogP) is 2.82. The van der Waals surface area contributed by atoms with Crippen LogP contribution in [-0.2, 0) is 0 Å². The van der Waals surface area contributed by atoms with Gasteiger partial charge in [-0.15, -0.1) is 0 Å². The van der Waals surface area contributed by atoms with Crippen LogP contribution in [0.25, 0.3) is 0 Å². The lowest BCUT2D eigenvalue weighted by atomic mass is 10.5. The van der Waals surface area contributed by atoms with Crippen LogP contribution in [0.15, 0.2) is 0 Å². The molecule has 0 radical (unpaired) electrons. The molecule has 1 aromatic rings. The summed E-state index contributed by atoms with van der Waals surface area (Å²) in [6, 6.07) is 0. The summed E-state index contributed by atoms with van der Waals surface area (Å²) in [6.45, 7) is 2.75. The molecule has 0 aliphatic heterocycles. The molecule has 66 valence electrons. The molecule has 0 unspecified atom stereocenters. The van der Waals surface area contributed by atoms with E-state index in [0.717, 1.165) is 10.1 Å². The lowest BCUT2D eigenvalue weighted by Gasteiger charge is -2.05. The van der Waals surface area contributed by atoms with Crippen LogP contribution in [0.4, 0.5) is 5.82 Å². The lowest BCUT2D eigenvalue weighted by Crippen LogP contribution is -2.03. The van der Waals surface area contributed by atoms with Gasteiger partial charge in [-0.3, -0.25) is 0 Å². The smallest absolute Gasteiger partial charge is 0.225 e. The van der Waals surface area contributed by atoms with E-state index < -0.39 is 0 Å². The minimum Gasteiger partial charge on any atom is -0.369 e. The van der Waals surface area contributed by atoms with Gasteiger partial charge in [0.1, 0.15) is 11.0 Å². The molecule has 1 N–H and O–H groups in total. The quantitative estimate of drug-likeness (QED) is 0.518. The van der Waals surface area contributed by atoms with Crippen molar-refractivity contribution in [1.82, 2.24) is 9.97 Å². The van der Waals surface area contributed by atoms with Crippen molar-refractivity contribution in [2.45, 2.75) is 6.92 Å². The van der Waals surface area contributed by atoms with Crippen molar-refractivity contribution in [3.05, 3.63) is 14.0 Å². The first-order chi connectivity index (χ1) is 5.65. The number of aromatic nitrogens is 2. The fourth-order valence-corrected chi connectivity index (χ4v) is 1.49. The third kappa shape index (κ3) is 2.34. The molecular weight excluding hydrogens is 312 g/mol. The SMILES string of the molecule is CCNc1nc(Cl)nc(Cl)c1I. The highest BCUT2D eigenvalue weighted by atomic mass is 127. The average Bonchev–Trinajstić information content (AvgIpc) is 2.00. The van der Waals surface area contributed by atoms with Crippen molar-refractivity contribution in [3.8, 4) is 0 Å². The van der Waals surface area contributed by atoms with Gasteiger partial charge >= 0.3 is 0 Å². The first kappa shape index (κ1) is 10.3. The topological polar surface area (TPSA) is 37.8 Å². The zero-order valence-corrected chi connectivity index (χ0v) is 9.90. The maximum absolute atomic E-state index is 5.77. The van der Waals surface area contributed by atoms with Gasteiger partial charge in [-0.25, -0.2) is 4.98 Å². The van der Waals surface area contributed by atoms with Gasteiger partial charge in [0.2, 0.25) is 5.28 Å². The van der Waals surface area contributed by atoms with Gasteiger partial charge in [-0.2, -0.15) is 4.98 Å². The molecule has 0 saturated carbocycles. The second-order valence-electron chi connectivity index (χ2n) is 1.98. The number of halogens is 3. The highest BCUT2D eigenvalue weighted by Gasteiger charge is 2.07. The lowest BCUT2D eigenvalue weighted by molar-refractivity contribution is 1.10. The maximum Gasteiger partial charge on any atom is 0.225 e. The van der Waals surface area contributed by atoms with E-state index in [9.17, 15) is 0 Å². The summed E-state index contributed by atoms with van der Waals surface area (Å²) < 4.78 is 0.792. The summed E-state index contributed by atoms with van der Waals surface area (Å²) in [5.41, 5.74) is 0. The van der Waals surface area contributed by atoms with Crippen LogP contribution >= 0.6 is 45.8 Å². The number of hydrogen-bond donors (Lipinski definition) is 1. The van der Waals surface area contributed by atoms with E-state index in [-0.39, 0.29) is 5.28 Å². The van der Waals surface area contributed by atoms with Gasteiger partial charge < -0.3 is 5.32 Å². The van der Waals surface area contributed by atoms with Crippen molar-refractivity contribution in [2.24, 2.45) is 0 Å². The maximum atomic E-state index is 5.77. The van der Waals surface area contributed by atoms with Gasteiger partial charge in [0.25, 0.3) is 0 Å². The average molecular weight is 318 g/mol. The summed E-state index contributed by atoms with van der Waals surface area (Å²) in [7, 11) is 0. The molecule has 0 bridgehead atoms. The molecular formula is C6H6Cl2IN3. The molecule has 1 heterocycles. The minimum atomic E-state index is 0.163. The molecule has 3 nitrogen and oxygen atoms in total. The molecule has 0 aromatic carbocycles. The largest absolute Gasteiger partial charge is 0.369 e. The second-order valence-corrected chi connectivity index (χ2v) is 3.75. The number of rotatable bonds is 2. The summed E-state index contributed by atoms with van der Waals surface area (Å²) in [5.74, 6) is 0.683. The van der Waals surface area contributed by atoms with Gasteiger partial charge in [-0.1, -0.05) is 11.6 Å². The highest BCUT2D eigenvalue weighted by molar-refractivity contribution is 14.1. The van der Waals surface area contributed by atoms with Gasteiger partial charge in [-0.05, 0) is 41.1 Å². The summed E-state index contributed by atoms with van der Waals surface area (Å²) >= 11 is 13.4. The fraction of sp³-hybridized carbons (Fsp3) is 0.333. The molecule has 6 heteroatoms. The molecule has 12 heavy (non-hydrogen) atoms. The highest BCUT2D eigenvalue weighted by Crippen LogP contribution is 2.24. The fourth-order valence-electron chi connectivity index (χ4n) is 0.679. The van der Waals surface area contributed by atoms with Gasteiger partial charge in [0.05, 0.1) is 3.57 Å². The Labute approximate surface area is 94.0 Å². The Hall–Kier alpha value is 0.190. The van der Waals surface area contributed by atoms with Crippen LogP contribution in [0, 0.1) is 3.57 Å². The van der Waals surface area contributed by atoms with Crippen LogP contribution < -0.4 is 5.32 Å². The Kier molecular flexibility index (Phi) is 3.79. The van der Waals surface area contributed by atoms with Crippen LogP contribution in [0.2, 0.25) is 10.4 Å². The molecule has 0 atom stereocenters. The number of anilines is 1. The molecule has 1 aromatic heterocycles. The summed E-state index contributed by atoms with van der Waals surface area (Å²) in [5, 5.41) is 3.57. The first-order valence-electron chi connectivity index (χ1n) is 3.27. The Morgan fingerprint density at radius 3 is 2.67 bits per heavy atom. The van der Waals surface area contributed by atoms with E-state index in [2.05, 4.69) is 37.9 Å². The standard InChI is InChI=1S/C6H6Cl2IN3/c1-2-10-5-3(9)4(7)11-6(8)12-5/h2H2,1H3,(H,10,11,12). The van der Waals surface area contributed by atoms with Gasteiger partial charge in [0.15, 0.2) is 0 Å². The Morgan fingerprint density at radius 2 is 2.08 bits per heavy atom. The molecule has 1 rings (SSSR count). The Morgan fingerprint density at radius 1 is 1.42 bits per heavy atom. The molecule has 0 saturated heterocycles. The van der Waals surface area contributed by atoms with Crippen molar-refractivity contribution >= 4 is 51.6 Å². The molecule has 0 spiro atoms. The zero-order valence-electron chi connectivity index (χ0n) is 6.24. The van der Waals surface area contributed by atoms with E-state index >= 15 is 0 Å². The van der Waals surface area contributed by atoms with Crippen molar-refractivity contribution < 1.29 is 0 Å². The van der Waals surface area contributed by atoms with E-state index in [1.165, 1.54) is 0 Å². The second kappa shape index (κ2) is 4.43. The normalized spacial score (nSPS) is 10.0. The number of hydrogen-bond acceptors (Lipinski definition) is 3. The predicted molar refractivity (Wildman–Crippen MR) is 58.9 cm³/mol. The Bertz CT molecular complexity index is 292. The third-order valence-electron chi connectivity index (χ3n) is 1.13. The molecule has 0 fully saturated rings. The first-order valence-corrected chi connectivity index (χ1v) is 5.11. The van der Waals surface area contributed by atoms with Crippen LogP contribution in [0.3, 0.4) is 0 Å². The zero-order chi connectivity index (χ0) is 9.14. The van der Waals surface area contributed by atoms with E-state index in [1.807, 2.05) is 6.92 Å². The summed E-state index contributed by atoms with van der Waals surface area (Å²) in [4.78, 5) is 7.76. The van der Waals surface area contributed by atoms with Crippen molar-refractivity contribution in [1.29, 1.82) is 0 Å². The molecule has 0 aliphatic carbocycles. The van der Waals surface area contributed by atoms with Crippen molar-refractivity contribution in [3.63, 3.8) is 0 Å². The molecule has 0 amide bonds. The van der Waals surface area contributed by atoms with Crippen LogP contribution in [0.1, 0.15) is 6.92 Å². The monoisotopic (exact) mass is 317 g/mol. The van der Waals surface area contributed by atoms with Crippen molar-refractivity contribution in [2.75, 3.05) is 11.9 Å². The Balaban J connectivity index is 3.09. The van der Waals surface area contributed by atoms with Gasteiger partial charge in [0, 0.05) is 6.54 Å². The van der Waals surface area contributed by atoms with Crippen LogP contribution in [-0.4, -0.2) is 16.5 Å². The van der Waals surface area contributed by atoms with E-state index in [4.69, 9.17) is 23.2 Å². The van der Waals surface area contributed by atoms with E-state index in [0.29, 0.717) is 11.0 Å². The minimum absolute atomic E-state index is 0.163. The third-order valence-corrected chi connectivity index (χ3v) is 2.91. The number of nitrogens with zero attached hydrogens (tertiary/aromatic N) is 2. The number of nitrogens with one attached hydrogen (secondary N) is 1. The molecule has 0 aliphatic rings. The summed E-state index contributed by atoms with van der Waals surface area (Å²) in [6.07, 6.45) is 0. The van der Waals surface area contributed by atoms with Crippen LogP contribution in [0.5, 0.6) is 0 Å².